The molecule has 0 aliphatic carbocycles. The van der Waals surface area contributed by atoms with Crippen molar-refractivity contribution in [3.8, 4) is 6.07 Å². The molecule has 0 atom stereocenters. The van der Waals surface area contributed by atoms with E-state index in [1.807, 2.05) is 48.5 Å². The fourth-order valence-electron chi connectivity index (χ4n) is 2.01. The summed E-state index contributed by atoms with van der Waals surface area (Å²) in [7, 11) is 0. The highest BCUT2D eigenvalue weighted by molar-refractivity contribution is 5.90. The number of aromatic nitrogens is 2. The van der Waals surface area contributed by atoms with Crippen LogP contribution in [0.25, 0.3) is 22.6 Å². The first-order valence-corrected chi connectivity index (χ1v) is 6.25. The lowest BCUT2D eigenvalue weighted by Gasteiger charge is -2.02. The molecule has 3 aromatic rings. The fourth-order valence-corrected chi connectivity index (χ4v) is 2.01. The Labute approximate surface area is 116 Å². The van der Waals surface area contributed by atoms with Gasteiger partial charge in [-0.1, -0.05) is 30.3 Å². The maximum Gasteiger partial charge on any atom is 0.101 e. The number of rotatable bonds is 2. The molecule has 1 aromatic carbocycles. The normalized spacial score (nSPS) is 11.2. The van der Waals surface area contributed by atoms with E-state index in [1.165, 1.54) is 0 Å². The summed E-state index contributed by atoms with van der Waals surface area (Å²) in [5.41, 5.74) is 2.98. The van der Waals surface area contributed by atoms with Crippen LogP contribution in [-0.2, 0) is 0 Å². The summed E-state index contributed by atoms with van der Waals surface area (Å²) >= 11 is 0. The molecule has 2 heterocycles. The summed E-state index contributed by atoms with van der Waals surface area (Å²) in [5.74, 6) is 0. The summed E-state index contributed by atoms with van der Waals surface area (Å²) in [4.78, 5) is 8.57. The van der Waals surface area contributed by atoms with Crippen molar-refractivity contribution < 1.29 is 0 Å². The smallest absolute Gasteiger partial charge is 0.101 e. The summed E-state index contributed by atoms with van der Waals surface area (Å²) < 4.78 is 0. The van der Waals surface area contributed by atoms with Crippen molar-refractivity contribution in [3.05, 3.63) is 72.2 Å². The molecule has 0 amide bonds. The molecule has 0 bridgehead atoms. The molecule has 20 heavy (non-hydrogen) atoms. The van der Waals surface area contributed by atoms with Gasteiger partial charge in [0.1, 0.15) is 6.07 Å². The lowest BCUT2D eigenvalue weighted by atomic mass is 10.1. The molecular formula is C17H11N3. The Morgan fingerprint density at radius 3 is 2.75 bits per heavy atom. The van der Waals surface area contributed by atoms with Gasteiger partial charge in [-0.25, -0.2) is 4.98 Å². The maximum absolute atomic E-state index is 9.33. The van der Waals surface area contributed by atoms with E-state index in [1.54, 1.807) is 18.5 Å². The molecule has 3 rings (SSSR count). The average Bonchev–Trinajstić information content (AvgIpc) is 2.53. The van der Waals surface area contributed by atoms with E-state index in [-0.39, 0.29) is 0 Å². The summed E-state index contributed by atoms with van der Waals surface area (Å²) in [5, 5.41) is 10.4. The highest BCUT2D eigenvalue weighted by Crippen LogP contribution is 2.19. The van der Waals surface area contributed by atoms with E-state index in [0.29, 0.717) is 11.3 Å². The van der Waals surface area contributed by atoms with Gasteiger partial charge in [0, 0.05) is 17.8 Å². The van der Waals surface area contributed by atoms with Crippen molar-refractivity contribution in [2.45, 2.75) is 0 Å². The number of para-hydroxylation sites is 1. The van der Waals surface area contributed by atoms with Crippen LogP contribution in [0, 0.1) is 11.3 Å². The van der Waals surface area contributed by atoms with Gasteiger partial charge >= 0.3 is 0 Å². The van der Waals surface area contributed by atoms with Gasteiger partial charge < -0.3 is 0 Å². The Balaban J connectivity index is 2.08. The van der Waals surface area contributed by atoms with Gasteiger partial charge in [0.15, 0.2) is 0 Å². The number of allylic oxidation sites excluding steroid dienone is 1. The van der Waals surface area contributed by atoms with Gasteiger partial charge in [-0.05, 0) is 29.8 Å². The van der Waals surface area contributed by atoms with Crippen molar-refractivity contribution in [1.82, 2.24) is 9.97 Å². The van der Waals surface area contributed by atoms with Crippen LogP contribution in [-0.4, -0.2) is 9.97 Å². The van der Waals surface area contributed by atoms with Crippen molar-refractivity contribution in [3.63, 3.8) is 0 Å². The SMILES string of the molecule is N#CC(=Cc1cccnc1)c1ccc2ccccc2n1. The van der Waals surface area contributed by atoms with Gasteiger partial charge in [-0.15, -0.1) is 0 Å². The van der Waals surface area contributed by atoms with Gasteiger partial charge in [-0.3, -0.25) is 4.98 Å². The van der Waals surface area contributed by atoms with Crippen LogP contribution in [0.3, 0.4) is 0 Å². The largest absolute Gasteiger partial charge is 0.264 e. The van der Waals surface area contributed by atoms with E-state index in [9.17, 15) is 5.26 Å². The molecule has 94 valence electrons. The predicted molar refractivity (Wildman–Crippen MR) is 79.5 cm³/mol. The Kier molecular flexibility index (Phi) is 3.22. The van der Waals surface area contributed by atoms with Gasteiger partial charge in [0.05, 0.1) is 16.8 Å². The highest BCUT2D eigenvalue weighted by Gasteiger charge is 2.04. The van der Waals surface area contributed by atoms with Crippen LogP contribution in [0.5, 0.6) is 0 Å². The zero-order valence-corrected chi connectivity index (χ0v) is 10.7. The number of benzene rings is 1. The topological polar surface area (TPSA) is 49.6 Å². The average molecular weight is 257 g/mol. The zero-order valence-electron chi connectivity index (χ0n) is 10.7. The lowest BCUT2D eigenvalue weighted by molar-refractivity contribution is 1.31. The Morgan fingerprint density at radius 2 is 1.95 bits per heavy atom. The molecule has 0 aliphatic rings. The van der Waals surface area contributed by atoms with Gasteiger partial charge in [0.25, 0.3) is 0 Å². The standard InChI is InChI=1S/C17H11N3/c18-11-15(10-13-4-3-9-19-12-13)17-8-7-14-5-1-2-6-16(14)20-17/h1-10,12H. The summed E-state index contributed by atoms with van der Waals surface area (Å²) in [6, 6.07) is 17.7. The zero-order chi connectivity index (χ0) is 13.8. The van der Waals surface area contributed by atoms with Crippen LogP contribution < -0.4 is 0 Å². The van der Waals surface area contributed by atoms with Crippen molar-refractivity contribution in [2.75, 3.05) is 0 Å². The molecular weight excluding hydrogens is 246 g/mol. The van der Waals surface area contributed by atoms with E-state index in [4.69, 9.17) is 0 Å². The Hall–Kier alpha value is -2.99. The van der Waals surface area contributed by atoms with E-state index in [0.717, 1.165) is 16.5 Å². The van der Waals surface area contributed by atoms with Crippen LogP contribution in [0.4, 0.5) is 0 Å². The minimum Gasteiger partial charge on any atom is -0.264 e. The first kappa shape index (κ1) is 12.1. The number of pyridine rings is 2. The second-order valence-corrected chi connectivity index (χ2v) is 4.35. The second kappa shape index (κ2) is 5.33. The molecule has 0 radical (unpaired) electrons. The van der Waals surface area contributed by atoms with Crippen molar-refractivity contribution in [1.29, 1.82) is 5.26 Å². The minimum absolute atomic E-state index is 0.531. The third-order valence-corrected chi connectivity index (χ3v) is 2.99. The maximum atomic E-state index is 9.33. The molecule has 0 spiro atoms. The molecule has 0 saturated heterocycles. The van der Waals surface area contributed by atoms with Crippen LogP contribution in [0.2, 0.25) is 0 Å². The highest BCUT2D eigenvalue weighted by atomic mass is 14.7. The number of fused-ring (bicyclic) bond motifs is 1. The molecule has 2 aromatic heterocycles. The van der Waals surface area contributed by atoms with Crippen LogP contribution in [0.15, 0.2) is 60.9 Å². The monoisotopic (exact) mass is 257 g/mol. The van der Waals surface area contributed by atoms with Crippen LogP contribution in [0.1, 0.15) is 11.3 Å². The number of nitrogens with zero attached hydrogens (tertiary/aromatic N) is 3. The van der Waals surface area contributed by atoms with Gasteiger partial charge in [0.2, 0.25) is 0 Å². The molecule has 0 N–H and O–H groups in total. The summed E-state index contributed by atoms with van der Waals surface area (Å²) in [6.45, 7) is 0. The molecule has 0 saturated carbocycles. The molecule has 0 aliphatic heterocycles. The number of nitriles is 1. The van der Waals surface area contributed by atoms with E-state index in [2.05, 4.69) is 16.0 Å². The second-order valence-electron chi connectivity index (χ2n) is 4.35. The molecule has 0 fully saturated rings. The quantitative estimate of drug-likeness (QED) is 0.658. The third-order valence-electron chi connectivity index (χ3n) is 2.99. The Morgan fingerprint density at radius 1 is 1.05 bits per heavy atom. The lowest BCUT2D eigenvalue weighted by Crippen LogP contribution is -1.89. The molecule has 3 nitrogen and oxygen atoms in total. The van der Waals surface area contributed by atoms with Crippen molar-refractivity contribution >= 4 is 22.6 Å². The number of hydrogen-bond donors (Lipinski definition) is 0. The van der Waals surface area contributed by atoms with Crippen molar-refractivity contribution in [2.24, 2.45) is 0 Å². The third kappa shape index (κ3) is 2.40. The van der Waals surface area contributed by atoms with E-state index < -0.39 is 0 Å². The fraction of sp³-hybridized carbons (Fsp3) is 0. The first-order valence-electron chi connectivity index (χ1n) is 6.25. The minimum atomic E-state index is 0.531. The molecule has 0 unspecified atom stereocenters. The number of hydrogen-bond acceptors (Lipinski definition) is 3. The van der Waals surface area contributed by atoms with E-state index >= 15 is 0 Å². The van der Waals surface area contributed by atoms with Gasteiger partial charge in [-0.2, -0.15) is 5.26 Å². The predicted octanol–water partition coefficient (Wildman–Crippen LogP) is 3.69. The first-order chi connectivity index (χ1) is 9.86. The Bertz CT molecular complexity index is 814. The van der Waals surface area contributed by atoms with Crippen LogP contribution >= 0.6 is 0 Å². The molecule has 3 heteroatoms. The summed E-state index contributed by atoms with van der Waals surface area (Å²) in [6.07, 6.45) is 5.22.